The van der Waals surface area contributed by atoms with Gasteiger partial charge in [-0.1, -0.05) is 43.5 Å². The molecule has 1 heteroatoms. The zero-order valence-corrected chi connectivity index (χ0v) is 9.66. The van der Waals surface area contributed by atoms with E-state index in [0.717, 1.165) is 0 Å². The lowest BCUT2D eigenvalue weighted by Gasteiger charge is -2.01. The molecule has 0 heterocycles. The molecule has 15 heavy (non-hydrogen) atoms. The molecular formula is C14H20O. The zero-order valence-electron chi connectivity index (χ0n) is 9.66. The summed E-state index contributed by atoms with van der Waals surface area (Å²) >= 11 is 0. The van der Waals surface area contributed by atoms with E-state index in [-0.39, 0.29) is 0 Å². The van der Waals surface area contributed by atoms with Crippen LogP contribution in [0, 0.1) is 0 Å². The Kier molecular flexibility index (Phi) is 4.96. The van der Waals surface area contributed by atoms with Crippen LogP contribution in [0.1, 0.15) is 45.1 Å². The van der Waals surface area contributed by atoms with Gasteiger partial charge in [0.05, 0.1) is 0 Å². The molecule has 0 aliphatic rings. The number of phenols is 1. The maximum absolute atomic E-state index is 9.14. The standard InChI is InChI=1S/C14H20O/c1-3-4-5-6-12(2)11-13-7-9-14(15)10-8-13/h7-11,15H,3-6H2,1-2H3. The van der Waals surface area contributed by atoms with Crippen molar-refractivity contribution < 1.29 is 5.11 Å². The topological polar surface area (TPSA) is 20.2 Å². The fraction of sp³-hybridized carbons (Fsp3) is 0.429. The number of phenolic OH excluding ortho intramolecular Hbond substituents is 1. The quantitative estimate of drug-likeness (QED) is 0.706. The van der Waals surface area contributed by atoms with Crippen LogP contribution in [-0.2, 0) is 0 Å². The fourth-order valence-corrected chi connectivity index (χ4v) is 1.58. The Balaban J connectivity index is 2.50. The molecule has 0 saturated carbocycles. The summed E-state index contributed by atoms with van der Waals surface area (Å²) in [5, 5.41) is 9.14. The molecule has 0 unspecified atom stereocenters. The largest absolute Gasteiger partial charge is 0.508 e. The van der Waals surface area contributed by atoms with E-state index < -0.39 is 0 Å². The highest BCUT2D eigenvalue weighted by molar-refractivity contribution is 5.53. The van der Waals surface area contributed by atoms with Crippen LogP contribution in [0.2, 0.25) is 0 Å². The minimum atomic E-state index is 0.329. The van der Waals surface area contributed by atoms with Gasteiger partial charge in [0.1, 0.15) is 5.75 Å². The first-order chi connectivity index (χ1) is 7.22. The predicted molar refractivity (Wildman–Crippen MR) is 65.9 cm³/mol. The number of hydrogen-bond donors (Lipinski definition) is 1. The van der Waals surface area contributed by atoms with Gasteiger partial charge >= 0.3 is 0 Å². The van der Waals surface area contributed by atoms with Crippen LogP contribution in [0.5, 0.6) is 5.75 Å². The van der Waals surface area contributed by atoms with Crippen molar-refractivity contribution in [3.8, 4) is 5.75 Å². The Morgan fingerprint density at radius 2 is 1.87 bits per heavy atom. The molecule has 0 atom stereocenters. The van der Waals surface area contributed by atoms with Crippen LogP contribution in [0.15, 0.2) is 29.8 Å². The second-order valence-corrected chi connectivity index (χ2v) is 4.04. The van der Waals surface area contributed by atoms with E-state index in [1.807, 2.05) is 12.1 Å². The van der Waals surface area contributed by atoms with E-state index in [4.69, 9.17) is 5.11 Å². The Morgan fingerprint density at radius 3 is 2.47 bits per heavy atom. The van der Waals surface area contributed by atoms with Gasteiger partial charge in [0, 0.05) is 0 Å². The summed E-state index contributed by atoms with van der Waals surface area (Å²) in [5.41, 5.74) is 2.58. The van der Waals surface area contributed by atoms with Crippen LogP contribution in [-0.4, -0.2) is 5.11 Å². The summed E-state index contributed by atoms with van der Waals surface area (Å²) in [6.45, 7) is 4.39. The molecule has 0 aliphatic carbocycles. The zero-order chi connectivity index (χ0) is 11.1. The summed E-state index contributed by atoms with van der Waals surface area (Å²) < 4.78 is 0. The van der Waals surface area contributed by atoms with Gasteiger partial charge in [-0.3, -0.25) is 0 Å². The van der Waals surface area contributed by atoms with Gasteiger partial charge in [0.25, 0.3) is 0 Å². The Hall–Kier alpha value is -1.24. The number of unbranched alkanes of at least 4 members (excludes halogenated alkanes) is 2. The highest BCUT2D eigenvalue weighted by atomic mass is 16.3. The van der Waals surface area contributed by atoms with Crippen molar-refractivity contribution in [2.24, 2.45) is 0 Å². The first kappa shape index (κ1) is 11.8. The molecule has 0 bridgehead atoms. The lowest BCUT2D eigenvalue weighted by atomic mass is 10.1. The van der Waals surface area contributed by atoms with Crippen molar-refractivity contribution in [3.05, 3.63) is 35.4 Å². The van der Waals surface area contributed by atoms with Crippen molar-refractivity contribution in [2.45, 2.75) is 39.5 Å². The molecule has 0 aliphatic heterocycles. The van der Waals surface area contributed by atoms with Crippen LogP contribution in [0.3, 0.4) is 0 Å². The highest BCUT2D eigenvalue weighted by Crippen LogP contribution is 2.15. The van der Waals surface area contributed by atoms with Crippen LogP contribution >= 0.6 is 0 Å². The lowest BCUT2D eigenvalue weighted by Crippen LogP contribution is -1.79. The summed E-state index contributed by atoms with van der Waals surface area (Å²) in [6.07, 6.45) is 7.22. The minimum absolute atomic E-state index is 0.329. The molecule has 0 radical (unpaired) electrons. The molecule has 1 aromatic rings. The molecule has 0 spiro atoms. The van der Waals surface area contributed by atoms with Crippen molar-refractivity contribution in [2.75, 3.05) is 0 Å². The van der Waals surface area contributed by atoms with Crippen LogP contribution in [0.4, 0.5) is 0 Å². The average molecular weight is 204 g/mol. The van der Waals surface area contributed by atoms with Gasteiger partial charge in [-0.15, -0.1) is 0 Å². The minimum Gasteiger partial charge on any atom is -0.508 e. The molecular weight excluding hydrogens is 184 g/mol. The fourth-order valence-electron chi connectivity index (χ4n) is 1.58. The maximum atomic E-state index is 9.14. The van der Waals surface area contributed by atoms with Gasteiger partial charge in [-0.05, 0) is 37.5 Å². The molecule has 1 nitrogen and oxygen atoms in total. The van der Waals surface area contributed by atoms with Gasteiger partial charge in [0.2, 0.25) is 0 Å². The van der Waals surface area contributed by atoms with E-state index in [1.54, 1.807) is 12.1 Å². The molecule has 0 saturated heterocycles. The number of benzene rings is 1. The van der Waals surface area contributed by atoms with Crippen molar-refractivity contribution >= 4 is 6.08 Å². The second kappa shape index (κ2) is 6.28. The third kappa shape index (κ3) is 4.68. The Bertz CT molecular complexity index is 309. The van der Waals surface area contributed by atoms with E-state index in [9.17, 15) is 0 Å². The summed E-state index contributed by atoms with van der Waals surface area (Å²) in [6, 6.07) is 7.34. The van der Waals surface area contributed by atoms with Gasteiger partial charge in [-0.2, -0.15) is 0 Å². The second-order valence-electron chi connectivity index (χ2n) is 4.04. The first-order valence-electron chi connectivity index (χ1n) is 5.68. The van der Waals surface area contributed by atoms with Gasteiger partial charge in [0.15, 0.2) is 0 Å². The third-order valence-electron chi connectivity index (χ3n) is 2.48. The molecule has 1 rings (SSSR count). The number of hydrogen-bond acceptors (Lipinski definition) is 1. The Morgan fingerprint density at radius 1 is 1.20 bits per heavy atom. The summed E-state index contributed by atoms with van der Waals surface area (Å²) in [7, 11) is 0. The highest BCUT2D eigenvalue weighted by Gasteiger charge is 1.93. The van der Waals surface area contributed by atoms with Gasteiger partial charge in [-0.25, -0.2) is 0 Å². The number of rotatable bonds is 5. The van der Waals surface area contributed by atoms with Crippen molar-refractivity contribution in [1.82, 2.24) is 0 Å². The Labute approximate surface area is 92.5 Å². The van der Waals surface area contributed by atoms with Crippen molar-refractivity contribution in [3.63, 3.8) is 0 Å². The smallest absolute Gasteiger partial charge is 0.115 e. The van der Waals surface area contributed by atoms with E-state index in [2.05, 4.69) is 19.9 Å². The lowest BCUT2D eigenvalue weighted by molar-refractivity contribution is 0.475. The normalized spacial score (nSPS) is 11.7. The monoisotopic (exact) mass is 204 g/mol. The molecule has 0 fully saturated rings. The summed E-state index contributed by atoms with van der Waals surface area (Å²) in [4.78, 5) is 0. The number of allylic oxidation sites excluding steroid dienone is 1. The average Bonchev–Trinajstić information content (AvgIpc) is 2.22. The van der Waals surface area contributed by atoms with E-state index >= 15 is 0 Å². The van der Waals surface area contributed by atoms with Crippen LogP contribution < -0.4 is 0 Å². The van der Waals surface area contributed by atoms with Gasteiger partial charge < -0.3 is 5.11 Å². The molecule has 1 N–H and O–H groups in total. The van der Waals surface area contributed by atoms with E-state index in [0.29, 0.717) is 5.75 Å². The SMILES string of the molecule is CCCCCC(C)=Cc1ccc(O)cc1. The number of aromatic hydroxyl groups is 1. The molecule has 82 valence electrons. The predicted octanol–water partition coefficient (Wildman–Crippen LogP) is 4.38. The summed E-state index contributed by atoms with van der Waals surface area (Å²) in [5.74, 6) is 0.329. The van der Waals surface area contributed by atoms with E-state index in [1.165, 1.54) is 36.8 Å². The molecule has 1 aromatic carbocycles. The van der Waals surface area contributed by atoms with Crippen LogP contribution in [0.25, 0.3) is 6.08 Å². The maximum Gasteiger partial charge on any atom is 0.115 e. The third-order valence-corrected chi connectivity index (χ3v) is 2.48. The molecule has 0 amide bonds. The first-order valence-corrected chi connectivity index (χ1v) is 5.68. The molecule has 0 aromatic heterocycles. The van der Waals surface area contributed by atoms with Crippen molar-refractivity contribution in [1.29, 1.82) is 0 Å².